The summed E-state index contributed by atoms with van der Waals surface area (Å²) in [7, 11) is 2.05. The van der Waals surface area contributed by atoms with Crippen LogP contribution < -0.4 is 4.90 Å². The van der Waals surface area contributed by atoms with E-state index in [0.717, 1.165) is 42.8 Å². The maximum atomic E-state index is 13.8. The molecule has 0 radical (unpaired) electrons. The van der Waals surface area contributed by atoms with Crippen molar-refractivity contribution in [2.45, 2.75) is 46.6 Å². The standard InChI is InChI=1S/C25H29ClN2O3S/c1-16-6-7-19(20(26)14-16)23(29)28(17-9-12-27(5)13-10-17)21-15-18(8-11-25(2,3)4)32-22(21)24(30)31/h6-7,14-15,17H,9-10,12-13H2,1-5H3,(H,30,31). The lowest BCUT2D eigenvalue weighted by molar-refractivity contribution is 0.0702. The van der Waals surface area contributed by atoms with Crippen LogP contribution in [0.15, 0.2) is 24.3 Å². The normalized spacial score (nSPS) is 15.2. The van der Waals surface area contributed by atoms with Gasteiger partial charge in [-0.1, -0.05) is 29.5 Å². The molecule has 2 aromatic rings. The molecule has 1 aromatic carbocycles. The van der Waals surface area contributed by atoms with Gasteiger partial charge in [-0.25, -0.2) is 4.79 Å². The number of rotatable bonds is 4. The molecular formula is C25H29ClN2O3S. The molecule has 1 saturated heterocycles. The minimum atomic E-state index is -1.06. The zero-order chi connectivity index (χ0) is 23.6. The first kappa shape index (κ1) is 24.3. The number of carbonyl (C=O) groups excluding carboxylic acids is 1. The second-order valence-electron chi connectivity index (χ2n) is 9.32. The van der Waals surface area contributed by atoms with Gasteiger partial charge in [-0.15, -0.1) is 11.3 Å². The molecule has 1 fully saturated rings. The van der Waals surface area contributed by atoms with Crippen LogP contribution in [0.3, 0.4) is 0 Å². The van der Waals surface area contributed by atoms with Crippen molar-refractivity contribution < 1.29 is 14.7 Å². The summed E-state index contributed by atoms with van der Waals surface area (Å²) in [5.41, 5.74) is 1.52. The van der Waals surface area contributed by atoms with Crippen LogP contribution in [-0.2, 0) is 0 Å². The number of hydrogen-bond acceptors (Lipinski definition) is 4. The predicted molar refractivity (Wildman–Crippen MR) is 131 cm³/mol. The van der Waals surface area contributed by atoms with E-state index in [1.54, 1.807) is 23.1 Å². The van der Waals surface area contributed by atoms with Gasteiger partial charge in [0.25, 0.3) is 5.91 Å². The lowest BCUT2D eigenvalue weighted by Gasteiger charge is -2.37. The second kappa shape index (κ2) is 9.66. The first-order chi connectivity index (χ1) is 15.0. The summed E-state index contributed by atoms with van der Waals surface area (Å²) < 4.78 is 0. The van der Waals surface area contributed by atoms with Gasteiger partial charge in [-0.05, 0) is 84.4 Å². The van der Waals surface area contributed by atoms with Gasteiger partial charge in [0.05, 0.1) is 21.2 Å². The van der Waals surface area contributed by atoms with Crippen molar-refractivity contribution in [2.24, 2.45) is 5.41 Å². The van der Waals surface area contributed by atoms with Crippen molar-refractivity contribution in [3.05, 3.63) is 50.2 Å². The van der Waals surface area contributed by atoms with Gasteiger partial charge in [0, 0.05) is 11.5 Å². The van der Waals surface area contributed by atoms with Gasteiger partial charge in [0.15, 0.2) is 0 Å². The zero-order valence-corrected chi connectivity index (χ0v) is 20.7. The summed E-state index contributed by atoms with van der Waals surface area (Å²) in [5, 5.41) is 10.3. The average Bonchev–Trinajstić information content (AvgIpc) is 3.12. The molecule has 0 aliphatic carbocycles. The first-order valence-electron chi connectivity index (χ1n) is 10.6. The number of piperidine rings is 1. The molecule has 5 nitrogen and oxygen atoms in total. The number of nitrogens with zero attached hydrogens (tertiary/aromatic N) is 2. The Hall–Kier alpha value is -2.33. The molecule has 1 aromatic heterocycles. The molecule has 3 rings (SSSR count). The van der Waals surface area contributed by atoms with Crippen molar-refractivity contribution >= 4 is 40.5 Å². The molecule has 1 amide bonds. The highest BCUT2D eigenvalue weighted by atomic mass is 35.5. The predicted octanol–water partition coefficient (Wildman–Crippen LogP) is 5.55. The van der Waals surface area contributed by atoms with E-state index >= 15 is 0 Å². The summed E-state index contributed by atoms with van der Waals surface area (Å²) in [6.07, 6.45) is 1.51. The third-order valence-electron chi connectivity index (χ3n) is 5.35. The Bertz CT molecular complexity index is 1080. The largest absolute Gasteiger partial charge is 0.477 e. The zero-order valence-electron chi connectivity index (χ0n) is 19.2. The van der Waals surface area contributed by atoms with E-state index in [-0.39, 0.29) is 22.2 Å². The number of benzene rings is 1. The Morgan fingerprint density at radius 2 is 1.88 bits per heavy atom. The van der Waals surface area contributed by atoms with Crippen LogP contribution in [0.2, 0.25) is 5.02 Å². The fourth-order valence-corrected chi connectivity index (χ4v) is 4.83. The monoisotopic (exact) mass is 472 g/mol. The van der Waals surface area contributed by atoms with Crippen molar-refractivity contribution in [3.63, 3.8) is 0 Å². The van der Waals surface area contributed by atoms with Crippen molar-refractivity contribution in [3.8, 4) is 11.8 Å². The van der Waals surface area contributed by atoms with Crippen molar-refractivity contribution in [1.29, 1.82) is 0 Å². The quantitative estimate of drug-likeness (QED) is 0.593. The molecular weight excluding hydrogens is 444 g/mol. The van der Waals surface area contributed by atoms with Crippen LogP contribution >= 0.6 is 22.9 Å². The number of carboxylic acid groups (broad SMARTS) is 1. The highest BCUT2D eigenvalue weighted by Crippen LogP contribution is 2.36. The molecule has 0 spiro atoms. The average molecular weight is 473 g/mol. The van der Waals surface area contributed by atoms with Crippen LogP contribution in [0.4, 0.5) is 5.69 Å². The second-order valence-corrected chi connectivity index (χ2v) is 10.8. The smallest absolute Gasteiger partial charge is 0.348 e. The third-order valence-corrected chi connectivity index (χ3v) is 6.69. The van der Waals surface area contributed by atoms with Gasteiger partial charge in [0.1, 0.15) is 4.88 Å². The van der Waals surface area contributed by atoms with E-state index in [1.165, 1.54) is 0 Å². The number of aromatic carboxylic acids is 1. The Kier molecular flexibility index (Phi) is 7.34. The van der Waals surface area contributed by atoms with E-state index in [4.69, 9.17) is 11.6 Å². The molecule has 7 heteroatoms. The SMILES string of the molecule is Cc1ccc(C(=O)N(c2cc(C#CC(C)(C)C)sc2C(=O)O)C2CCN(C)CC2)c(Cl)c1. The molecule has 0 saturated carbocycles. The maximum Gasteiger partial charge on any atom is 0.348 e. The first-order valence-corrected chi connectivity index (χ1v) is 11.8. The molecule has 0 bridgehead atoms. The number of thiophene rings is 1. The summed E-state index contributed by atoms with van der Waals surface area (Å²) in [4.78, 5) is 30.5. The minimum absolute atomic E-state index is 0.118. The highest BCUT2D eigenvalue weighted by molar-refractivity contribution is 7.15. The van der Waals surface area contributed by atoms with E-state index in [2.05, 4.69) is 16.7 Å². The van der Waals surface area contributed by atoms with Crippen LogP contribution in [0, 0.1) is 24.2 Å². The van der Waals surface area contributed by atoms with Gasteiger partial charge in [-0.3, -0.25) is 4.79 Å². The Labute approximate surface area is 199 Å². The molecule has 2 heterocycles. The number of aryl methyl sites for hydroxylation is 1. The number of carbonyl (C=O) groups is 2. The molecule has 0 atom stereocenters. The number of likely N-dealkylation sites (tertiary alicyclic amines) is 1. The fraction of sp³-hybridized carbons (Fsp3) is 0.440. The van der Waals surface area contributed by atoms with Gasteiger partial charge in [-0.2, -0.15) is 0 Å². The lowest BCUT2D eigenvalue weighted by Crippen LogP contribution is -2.47. The lowest BCUT2D eigenvalue weighted by atomic mass is 9.98. The fourth-order valence-electron chi connectivity index (χ4n) is 3.67. The molecule has 1 N–H and O–H groups in total. The van der Waals surface area contributed by atoms with E-state index < -0.39 is 5.97 Å². The number of anilines is 1. The molecule has 1 aliphatic heterocycles. The number of halogens is 1. The summed E-state index contributed by atoms with van der Waals surface area (Å²) >= 11 is 7.54. The molecule has 1 aliphatic rings. The number of hydrogen-bond donors (Lipinski definition) is 1. The van der Waals surface area contributed by atoms with E-state index in [0.29, 0.717) is 21.2 Å². The molecule has 32 heavy (non-hydrogen) atoms. The number of amides is 1. The molecule has 170 valence electrons. The van der Waals surface area contributed by atoms with Gasteiger partial charge < -0.3 is 14.9 Å². The Morgan fingerprint density at radius 1 is 1.22 bits per heavy atom. The van der Waals surface area contributed by atoms with Gasteiger partial charge >= 0.3 is 5.97 Å². The summed E-state index contributed by atoms with van der Waals surface area (Å²) in [6.45, 7) is 9.58. The van der Waals surface area contributed by atoms with Crippen LogP contribution in [0.5, 0.6) is 0 Å². The van der Waals surface area contributed by atoms with Crippen LogP contribution in [0.1, 0.15) is 64.1 Å². The Balaban J connectivity index is 2.12. The highest BCUT2D eigenvalue weighted by Gasteiger charge is 2.33. The Morgan fingerprint density at radius 3 is 2.44 bits per heavy atom. The van der Waals surface area contributed by atoms with Crippen LogP contribution in [-0.4, -0.2) is 48.1 Å². The minimum Gasteiger partial charge on any atom is -0.477 e. The van der Waals surface area contributed by atoms with Gasteiger partial charge in [0.2, 0.25) is 0 Å². The maximum absolute atomic E-state index is 13.8. The summed E-state index contributed by atoms with van der Waals surface area (Å²) in [6, 6.07) is 6.94. The van der Waals surface area contributed by atoms with E-state index in [9.17, 15) is 14.7 Å². The van der Waals surface area contributed by atoms with E-state index in [1.807, 2.05) is 40.8 Å². The number of carboxylic acids is 1. The topological polar surface area (TPSA) is 60.9 Å². The summed E-state index contributed by atoms with van der Waals surface area (Å²) in [5.74, 6) is 4.91. The van der Waals surface area contributed by atoms with Crippen LogP contribution in [0.25, 0.3) is 0 Å². The van der Waals surface area contributed by atoms with Crippen molar-refractivity contribution in [2.75, 3.05) is 25.0 Å². The third kappa shape index (κ3) is 5.72. The van der Waals surface area contributed by atoms with Crippen molar-refractivity contribution in [1.82, 2.24) is 4.90 Å². The molecule has 0 unspecified atom stereocenters.